The molecule has 1 aromatic heterocycles. The predicted octanol–water partition coefficient (Wildman–Crippen LogP) is 4.39. The third-order valence-corrected chi connectivity index (χ3v) is 2.96. The number of rotatable bonds is 2. The van der Waals surface area contributed by atoms with Crippen molar-refractivity contribution < 1.29 is 13.2 Å². The van der Waals surface area contributed by atoms with Crippen LogP contribution < -0.4 is 11.1 Å². The third kappa shape index (κ3) is 3.14. The molecule has 0 atom stereocenters. The molecule has 20 heavy (non-hydrogen) atoms. The monoisotopic (exact) mass is 301 g/mol. The summed E-state index contributed by atoms with van der Waals surface area (Å²) in [5.74, 6) is 0.487. The Labute approximate surface area is 118 Å². The Kier molecular flexibility index (Phi) is 3.76. The number of anilines is 3. The Balaban J connectivity index is 2.30. The first-order valence-corrected chi connectivity index (χ1v) is 6.01. The molecule has 7 heteroatoms. The molecule has 1 heterocycles. The summed E-state index contributed by atoms with van der Waals surface area (Å²) >= 11 is 5.85. The minimum absolute atomic E-state index is 0.0298. The van der Waals surface area contributed by atoms with E-state index < -0.39 is 11.7 Å². The van der Waals surface area contributed by atoms with Crippen molar-refractivity contribution in [2.24, 2.45) is 0 Å². The summed E-state index contributed by atoms with van der Waals surface area (Å²) in [6.45, 7) is 1.78. The van der Waals surface area contributed by atoms with Crippen LogP contribution in [0.2, 0.25) is 5.02 Å². The quantitative estimate of drug-likeness (QED) is 0.865. The third-order valence-electron chi connectivity index (χ3n) is 2.65. The van der Waals surface area contributed by atoms with Crippen molar-refractivity contribution in [1.82, 2.24) is 4.98 Å². The molecule has 2 rings (SSSR count). The summed E-state index contributed by atoms with van der Waals surface area (Å²) in [4.78, 5) is 4.07. The fourth-order valence-corrected chi connectivity index (χ4v) is 1.88. The number of hydrogen-bond acceptors (Lipinski definition) is 3. The molecular weight excluding hydrogens is 291 g/mol. The van der Waals surface area contributed by atoms with Gasteiger partial charge in [0.1, 0.15) is 5.82 Å². The second kappa shape index (κ2) is 5.20. The number of pyridine rings is 1. The Morgan fingerprint density at radius 1 is 1.25 bits per heavy atom. The number of aryl methyl sites for hydroxylation is 1. The van der Waals surface area contributed by atoms with Crippen LogP contribution in [0.25, 0.3) is 0 Å². The summed E-state index contributed by atoms with van der Waals surface area (Å²) in [5.41, 5.74) is 6.40. The maximum atomic E-state index is 12.5. The molecule has 0 fully saturated rings. The average Bonchev–Trinajstić information content (AvgIpc) is 2.33. The van der Waals surface area contributed by atoms with Crippen molar-refractivity contribution in [3.8, 4) is 0 Å². The molecule has 0 saturated carbocycles. The molecule has 0 spiro atoms. The van der Waals surface area contributed by atoms with Crippen molar-refractivity contribution in [1.29, 1.82) is 0 Å². The van der Waals surface area contributed by atoms with Gasteiger partial charge in [-0.1, -0.05) is 11.6 Å². The van der Waals surface area contributed by atoms with Gasteiger partial charge in [0.15, 0.2) is 0 Å². The van der Waals surface area contributed by atoms with Gasteiger partial charge >= 0.3 is 6.18 Å². The van der Waals surface area contributed by atoms with Crippen LogP contribution in [0.1, 0.15) is 11.1 Å². The van der Waals surface area contributed by atoms with Gasteiger partial charge in [-0.05, 0) is 36.8 Å². The van der Waals surface area contributed by atoms with Crippen molar-refractivity contribution in [2.75, 3.05) is 11.1 Å². The lowest BCUT2D eigenvalue weighted by atomic mass is 10.2. The summed E-state index contributed by atoms with van der Waals surface area (Å²) < 4.78 is 37.6. The number of alkyl halides is 3. The van der Waals surface area contributed by atoms with Crippen LogP contribution in [0.4, 0.5) is 30.4 Å². The van der Waals surface area contributed by atoms with E-state index in [4.69, 9.17) is 17.3 Å². The van der Waals surface area contributed by atoms with E-state index in [0.717, 1.165) is 17.7 Å². The van der Waals surface area contributed by atoms with Crippen molar-refractivity contribution in [3.05, 3.63) is 46.6 Å². The van der Waals surface area contributed by atoms with Gasteiger partial charge in [-0.2, -0.15) is 13.2 Å². The van der Waals surface area contributed by atoms with E-state index >= 15 is 0 Å². The Hall–Kier alpha value is -1.95. The largest absolute Gasteiger partial charge is 0.416 e. The highest BCUT2D eigenvalue weighted by atomic mass is 35.5. The number of hydrogen-bond donors (Lipinski definition) is 2. The number of nitrogens with two attached hydrogens (primary N) is 1. The van der Waals surface area contributed by atoms with Crippen LogP contribution in [0.3, 0.4) is 0 Å². The summed E-state index contributed by atoms with van der Waals surface area (Å²) in [7, 11) is 0. The summed E-state index contributed by atoms with van der Waals surface area (Å²) in [5, 5.41) is 2.85. The first kappa shape index (κ1) is 14.5. The van der Waals surface area contributed by atoms with Crippen LogP contribution in [-0.2, 0) is 6.18 Å². The first-order valence-electron chi connectivity index (χ1n) is 5.63. The van der Waals surface area contributed by atoms with Gasteiger partial charge in [0, 0.05) is 0 Å². The maximum Gasteiger partial charge on any atom is 0.416 e. The number of halogens is 4. The second-order valence-corrected chi connectivity index (χ2v) is 4.66. The second-order valence-electron chi connectivity index (χ2n) is 4.25. The van der Waals surface area contributed by atoms with E-state index in [1.165, 1.54) is 12.3 Å². The van der Waals surface area contributed by atoms with Gasteiger partial charge in [0.25, 0.3) is 0 Å². The molecule has 0 saturated heterocycles. The Morgan fingerprint density at radius 2 is 1.95 bits per heavy atom. The molecule has 0 aliphatic carbocycles. The van der Waals surface area contributed by atoms with E-state index in [9.17, 15) is 13.2 Å². The van der Waals surface area contributed by atoms with Crippen molar-refractivity contribution in [3.63, 3.8) is 0 Å². The fraction of sp³-hybridized carbons (Fsp3) is 0.154. The molecule has 0 aliphatic rings. The van der Waals surface area contributed by atoms with Crippen LogP contribution in [-0.4, -0.2) is 4.98 Å². The number of nitrogen functional groups attached to an aromatic ring is 1. The van der Waals surface area contributed by atoms with Crippen LogP contribution in [0, 0.1) is 6.92 Å². The molecular formula is C13H11ClF3N3. The zero-order valence-electron chi connectivity index (χ0n) is 10.4. The fourth-order valence-electron chi connectivity index (χ4n) is 1.65. The highest BCUT2D eigenvalue weighted by Gasteiger charge is 2.30. The standard InChI is InChI=1S/C13H11ClF3N3/c1-7-4-9(18)6-19-12(7)20-11-3-2-8(5-10(11)14)13(15,16)17/h2-6H,18H2,1H3,(H,19,20). The van der Waals surface area contributed by atoms with Gasteiger partial charge in [0.05, 0.1) is 28.2 Å². The van der Waals surface area contributed by atoms with E-state index in [-0.39, 0.29) is 5.02 Å². The SMILES string of the molecule is Cc1cc(N)cnc1Nc1ccc(C(F)(F)F)cc1Cl. The van der Waals surface area contributed by atoms with Crippen LogP contribution in [0.5, 0.6) is 0 Å². The minimum atomic E-state index is -4.42. The van der Waals surface area contributed by atoms with Gasteiger partial charge in [0.2, 0.25) is 0 Å². The predicted molar refractivity (Wildman–Crippen MR) is 73.1 cm³/mol. The number of nitrogens with one attached hydrogen (secondary N) is 1. The molecule has 1 aromatic carbocycles. The lowest BCUT2D eigenvalue weighted by molar-refractivity contribution is -0.137. The van der Waals surface area contributed by atoms with E-state index in [0.29, 0.717) is 17.2 Å². The molecule has 2 aromatic rings. The Morgan fingerprint density at radius 3 is 2.50 bits per heavy atom. The minimum Gasteiger partial charge on any atom is -0.397 e. The Bertz CT molecular complexity index is 641. The summed E-state index contributed by atoms with van der Waals surface area (Å²) in [6, 6.07) is 4.80. The summed E-state index contributed by atoms with van der Waals surface area (Å²) in [6.07, 6.45) is -2.97. The van der Waals surface area contributed by atoms with Crippen molar-refractivity contribution in [2.45, 2.75) is 13.1 Å². The lowest BCUT2D eigenvalue weighted by Crippen LogP contribution is -2.05. The molecule has 3 nitrogen and oxygen atoms in total. The molecule has 0 amide bonds. The molecule has 0 bridgehead atoms. The normalized spacial score (nSPS) is 11.4. The number of benzene rings is 1. The smallest absolute Gasteiger partial charge is 0.397 e. The lowest BCUT2D eigenvalue weighted by Gasteiger charge is -2.12. The van der Waals surface area contributed by atoms with Gasteiger partial charge in [-0.25, -0.2) is 4.98 Å². The number of nitrogens with zero attached hydrogens (tertiary/aromatic N) is 1. The molecule has 3 N–H and O–H groups in total. The molecule has 0 unspecified atom stereocenters. The highest BCUT2D eigenvalue weighted by molar-refractivity contribution is 6.33. The molecule has 0 radical (unpaired) electrons. The molecule has 0 aliphatic heterocycles. The zero-order chi connectivity index (χ0) is 14.9. The van der Waals surface area contributed by atoms with Crippen LogP contribution in [0.15, 0.2) is 30.5 Å². The zero-order valence-corrected chi connectivity index (χ0v) is 11.2. The first-order chi connectivity index (χ1) is 9.27. The van der Waals surface area contributed by atoms with E-state index in [1.54, 1.807) is 13.0 Å². The van der Waals surface area contributed by atoms with Gasteiger partial charge < -0.3 is 11.1 Å². The average molecular weight is 302 g/mol. The maximum absolute atomic E-state index is 12.5. The van der Waals surface area contributed by atoms with Gasteiger partial charge in [-0.15, -0.1) is 0 Å². The van der Waals surface area contributed by atoms with Crippen LogP contribution >= 0.6 is 11.6 Å². The number of aromatic nitrogens is 1. The van der Waals surface area contributed by atoms with E-state index in [2.05, 4.69) is 10.3 Å². The highest BCUT2D eigenvalue weighted by Crippen LogP contribution is 2.34. The molecule has 106 valence electrons. The van der Waals surface area contributed by atoms with Gasteiger partial charge in [-0.3, -0.25) is 0 Å². The topological polar surface area (TPSA) is 50.9 Å². The van der Waals surface area contributed by atoms with Crippen molar-refractivity contribution >= 4 is 28.8 Å². The van der Waals surface area contributed by atoms with E-state index in [1.807, 2.05) is 0 Å².